The summed E-state index contributed by atoms with van der Waals surface area (Å²) in [6.07, 6.45) is 0.464. The van der Waals surface area contributed by atoms with E-state index in [0.29, 0.717) is 16.3 Å². The Balaban J connectivity index is 1.86. The van der Waals surface area contributed by atoms with Gasteiger partial charge in [-0.25, -0.2) is 25.9 Å². The number of anilines is 1. The predicted octanol–water partition coefficient (Wildman–Crippen LogP) is 1.64. The van der Waals surface area contributed by atoms with Crippen LogP contribution in [0.15, 0.2) is 40.6 Å². The minimum atomic E-state index is -3.83. The smallest absolute Gasteiger partial charge is 0.242 e. The lowest BCUT2D eigenvalue weighted by atomic mass is 10.2. The molecule has 0 spiro atoms. The molecule has 1 N–H and O–H groups in total. The number of rotatable bonds is 6. The number of sulfonamides is 2. The molecule has 2 aromatic rings. The lowest BCUT2D eigenvalue weighted by Gasteiger charge is -2.17. The quantitative estimate of drug-likeness (QED) is 0.774. The molecule has 1 aliphatic heterocycles. The summed E-state index contributed by atoms with van der Waals surface area (Å²) in [6.45, 7) is 1.85. The first-order chi connectivity index (χ1) is 12.2. The second kappa shape index (κ2) is 7.10. The summed E-state index contributed by atoms with van der Waals surface area (Å²) in [5.41, 5.74) is 0.526. The van der Waals surface area contributed by atoms with Gasteiger partial charge in [-0.15, -0.1) is 11.3 Å². The maximum Gasteiger partial charge on any atom is 0.242 e. The van der Waals surface area contributed by atoms with Crippen molar-refractivity contribution in [3.63, 3.8) is 0 Å². The molecule has 2 heterocycles. The monoisotopic (exact) mass is 414 g/mol. The molecular formula is C16H18N2O5S3. The van der Waals surface area contributed by atoms with Gasteiger partial charge >= 0.3 is 0 Å². The minimum absolute atomic E-state index is 0.0314. The highest BCUT2D eigenvalue weighted by Crippen LogP contribution is 2.29. The Kier molecular flexibility index (Phi) is 5.20. The first-order valence-electron chi connectivity index (χ1n) is 7.89. The molecule has 0 radical (unpaired) electrons. The van der Waals surface area contributed by atoms with Crippen LogP contribution in [0.5, 0.6) is 0 Å². The standard InChI is InChI=1S/C16H18N2O5S3/c1-12-4-5-13(18-16(19)7-10-25(18,20)21)11-15(12)26(22,23)17-8-6-14-3-2-9-24-14/h2-5,9,11,17H,6-8,10H2,1H3. The van der Waals surface area contributed by atoms with E-state index in [9.17, 15) is 21.6 Å². The Bertz CT molecular complexity index is 1030. The number of benzene rings is 1. The number of carbonyl (C=O) groups excluding carboxylic acids is 1. The molecule has 26 heavy (non-hydrogen) atoms. The highest BCUT2D eigenvalue weighted by Gasteiger charge is 2.36. The van der Waals surface area contributed by atoms with Crippen LogP contribution in [0.25, 0.3) is 0 Å². The number of aryl methyl sites for hydroxylation is 1. The first kappa shape index (κ1) is 19.0. The van der Waals surface area contributed by atoms with Crippen LogP contribution in [-0.4, -0.2) is 35.0 Å². The minimum Gasteiger partial charge on any atom is -0.273 e. The molecule has 1 aromatic carbocycles. The fraction of sp³-hybridized carbons (Fsp3) is 0.312. The van der Waals surface area contributed by atoms with Crippen molar-refractivity contribution in [1.82, 2.24) is 4.72 Å². The summed E-state index contributed by atoms with van der Waals surface area (Å²) in [5, 5.41) is 1.92. The zero-order valence-corrected chi connectivity index (χ0v) is 16.5. The van der Waals surface area contributed by atoms with Gasteiger partial charge in [0.1, 0.15) is 0 Å². The molecule has 10 heteroatoms. The highest BCUT2D eigenvalue weighted by atomic mass is 32.2. The third kappa shape index (κ3) is 3.83. The van der Waals surface area contributed by atoms with Crippen molar-refractivity contribution in [2.24, 2.45) is 0 Å². The number of thiophene rings is 1. The molecule has 1 saturated heterocycles. The van der Waals surface area contributed by atoms with E-state index in [1.54, 1.807) is 18.3 Å². The van der Waals surface area contributed by atoms with Crippen molar-refractivity contribution in [3.8, 4) is 0 Å². The fourth-order valence-corrected chi connectivity index (χ4v) is 6.17. The van der Waals surface area contributed by atoms with E-state index < -0.39 is 26.0 Å². The Morgan fingerprint density at radius 2 is 2.04 bits per heavy atom. The third-order valence-electron chi connectivity index (χ3n) is 4.02. The maximum absolute atomic E-state index is 12.6. The van der Waals surface area contributed by atoms with Crippen molar-refractivity contribution in [3.05, 3.63) is 46.2 Å². The van der Waals surface area contributed by atoms with Gasteiger partial charge < -0.3 is 0 Å². The molecule has 0 atom stereocenters. The molecule has 0 aliphatic carbocycles. The van der Waals surface area contributed by atoms with Gasteiger partial charge in [0.15, 0.2) is 0 Å². The zero-order chi connectivity index (χ0) is 18.9. The summed E-state index contributed by atoms with van der Waals surface area (Å²) in [7, 11) is -7.57. The van der Waals surface area contributed by atoms with Gasteiger partial charge in [0.05, 0.1) is 16.3 Å². The largest absolute Gasteiger partial charge is 0.273 e. The van der Waals surface area contributed by atoms with E-state index >= 15 is 0 Å². The van der Waals surface area contributed by atoms with Gasteiger partial charge in [0, 0.05) is 17.8 Å². The molecule has 1 fully saturated rings. The second-order valence-electron chi connectivity index (χ2n) is 5.90. The molecule has 7 nitrogen and oxygen atoms in total. The van der Waals surface area contributed by atoms with Crippen molar-refractivity contribution in [1.29, 1.82) is 0 Å². The van der Waals surface area contributed by atoms with E-state index in [1.807, 2.05) is 17.5 Å². The number of amides is 1. The number of nitrogens with zero attached hydrogens (tertiary/aromatic N) is 1. The van der Waals surface area contributed by atoms with Crippen LogP contribution in [0.4, 0.5) is 5.69 Å². The molecule has 140 valence electrons. The summed E-state index contributed by atoms with van der Waals surface area (Å²) in [5.74, 6) is -0.816. The third-order valence-corrected chi connectivity index (χ3v) is 8.25. The summed E-state index contributed by atoms with van der Waals surface area (Å²) >= 11 is 1.55. The van der Waals surface area contributed by atoms with Crippen LogP contribution >= 0.6 is 11.3 Å². The van der Waals surface area contributed by atoms with Crippen molar-refractivity contribution < 1.29 is 21.6 Å². The topological polar surface area (TPSA) is 101 Å². The Labute approximate surface area is 156 Å². The van der Waals surface area contributed by atoms with Crippen LogP contribution < -0.4 is 9.03 Å². The molecule has 1 aliphatic rings. The van der Waals surface area contributed by atoms with Gasteiger partial charge in [0.2, 0.25) is 26.0 Å². The van der Waals surface area contributed by atoms with E-state index in [1.165, 1.54) is 18.2 Å². The number of hydrogen-bond acceptors (Lipinski definition) is 6. The van der Waals surface area contributed by atoms with E-state index in [2.05, 4.69) is 4.72 Å². The number of carbonyl (C=O) groups is 1. The van der Waals surface area contributed by atoms with E-state index in [0.717, 1.165) is 4.88 Å². The Morgan fingerprint density at radius 3 is 2.65 bits per heavy atom. The van der Waals surface area contributed by atoms with Crippen molar-refractivity contribution in [2.45, 2.75) is 24.7 Å². The number of nitrogens with one attached hydrogen (secondary N) is 1. The van der Waals surface area contributed by atoms with E-state index in [4.69, 9.17) is 0 Å². The normalized spacial score (nSPS) is 17.0. The van der Waals surface area contributed by atoms with Crippen LogP contribution in [0.2, 0.25) is 0 Å². The fourth-order valence-electron chi connectivity index (χ4n) is 2.71. The lowest BCUT2D eigenvalue weighted by Crippen LogP contribution is -2.30. The van der Waals surface area contributed by atoms with Crippen molar-refractivity contribution in [2.75, 3.05) is 16.6 Å². The average Bonchev–Trinajstić information content (AvgIpc) is 3.16. The van der Waals surface area contributed by atoms with Crippen LogP contribution in [0, 0.1) is 6.92 Å². The van der Waals surface area contributed by atoms with Crippen LogP contribution in [0.3, 0.4) is 0 Å². The molecular weight excluding hydrogens is 396 g/mol. The SMILES string of the molecule is Cc1ccc(N2C(=O)CCS2(=O)=O)cc1S(=O)(=O)NCCc1cccs1. The summed E-state index contributed by atoms with van der Waals surface area (Å²) in [4.78, 5) is 13.0. The van der Waals surface area contributed by atoms with Gasteiger partial charge in [-0.1, -0.05) is 12.1 Å². The average molecular weight is 415 g/mol. The number of hydrogen-bond donors (Lipinski definition) is 1. The van der Waals surface area contributed by atoms with Crippen LogP contribution in [-0.2, 0) is 31.3 Å². The molecule has 0 bridgehead atoms. The highest BCUT2D eigenvalue weighted by molar-refractivity contribution is 7.94. The zero-order valence-electron chi connectivity index (χ0n) is 14.0. The first-order valence-corrected chi connectivity index (χ1v) is 11.9. The van der Waals surface area contributed by atoms with Gasteiger partial charge in [-0.2, -0.15) is 0 Å². The Morgan fingerprint density at radius 1 is 1.27 bits per heavy atom. The van der Waals surface area contributed by atoms with Gasteiger partial charge in [-0.3, -0.25) is 4.79 Å². The van der Waals surface area contributed by atoms with Crippen LogP contribution in [0.1, 0.15) is 16.9 Å². The maximum atomic E-state index is 12.6. The van der Waals surface area contributed by atoms with Gasteiger partial charge in [0.25, 0.3) is 0 Å². The van der Waals surface area contributed by atoms with Crippen molar-refractivity contribution >= 4 is 43.0 Å². The molecule has 1 aromatic heterocycles. The second-order valence-corrected chi connectivity index (χ2v) is 10.6. The Hall–Kier alpha value is -1.75. The molecule has 0 saturated carbocycles. The summed E-state index contributed by atoms with van der Waals surface area (Å²) < 4.78 is 52.6. The molecule has 1 amide bonds. The van der Waals surface area contributed by atoms with E-state index in [-0.39, 0.29) is 29.3 Å². The van der Waals surface area contributed by atoms with Gasteiger partial charge in [-0.05, 0) is 42.5 Å². The summed E-state index contributed by atoms with van der Waals surface area (Å²) in [6, 6.07) is 8.01. The lowest BCUT2D eigenvalue weighted by molar-refractivity contribution is -0.116. The predicted molar refractivity (Wildman–Crippen MR) is 100 cm³/mol. The molecule has 0 unspecified atom stereocenters. The molecule has 3 rings (SSSR count).